The number of nitrogens with one attached hydrogen (secondary N) is 1. The van der Waals surface area contributed by atoms with Gasteiger partial charge in [-0.3, -0.25) is 4.79 Å². The fraction of sp³-hybridized carbons (Fsp3) is 0.364. The van der Waals surface area contributed by atoms with Crippen molar-refractivity contribution in [3.05, 3.63) is 59.7 Å². The molecule has 0 aliphatic carbocycles. The Morgan fingerprint density at radius 2 is 1.89 bits per heavy atom. The first-order chi connectivity index (χ1) is 13.6. The second kappa shape index (κ2) is 7.92. The molecule has 0 saturated carbocycles. The molecule has 28 heavy (non-hydrogen) atoms. The van der Waals surface area contributed by atoms with Gasteiger partial charge in [0.25, 0.3) is 0 Å². The molecule has 0 radical (unpaired) electrons. The molecule has 3 amide bonds. The molecule has 0 aromatic heterocycles. The Kier molecular flexibility index (Phi) is 5.19. The minimum absolute atomic E-state index is 0.0263. The van der Waals surface area contributed by atoms with E-state index in [1.165, 1.54) is 11.1 Å². The van der Waals surface area contributed by atoms with E-state index in [1.54, 1.807) is 4.90 Å². The molecule has 0 bridgehead atoms. The van der Waals surface area contributed by atoms with Gasteiger partial charge in [-0.05, 0) is 48.7 Å². The van der Waals surface area contributed by atoms with Gasteiger partial charge in [0.05, 0.1) is 12.6 Å². The molecule has 1 atom stereocenters. The Labute approximate surface area is 165 Å². The second-order valence-electron chi connectivity index (χ2n) is 7.22. The summed E-state index contributed by atoms with van der Waals surface area (Å²) >= 11 is 0. The van der Waals surface area contributed by atoms with Crippen molar-refractivity contribution in [1.82, 2.24) is 10.2 Å². The van der Waals surface area contributed by atoms with Crippen molar-refractivity contribution >= 4 is 17.6 Å². The number of anilines is 1. The molecule has 146 valence electrons. The van der Waals surface area contributed by atoms with Crippen LogP contribution in [-0.4, -0.2) is 42.6 Å². The summed E-state index contributed by atoms with van der Waals surface area (Å²) in [5.41, 5.74) is 3.34. The Hall–Kier alpha value is -3.02. The molecule has 0 spiro atoms. The van der Waals surface area contributed by atoms with Gasteiger partial charge in [-0.15, -0.1) is 0 Å². The Balaban J connectivity index is 1.36. The second-order valence-corrected chi connectivity index (χ2v) is 7.22. The van der Waals surface area contributed by atoms with E-state index in [0.29, 0.717) is 32.7 Å². The SMILES string of the molecule is CCOc1ccc(N2CC(NC(=O)N3CCc4ccccc4C3)CC2=O)cc1. The summed E-state index contributed by atoms with van der Waals surface area (Å²) in [4.78, 5) is 28.7. The van der Waals surface area contributed by atoms with Crippen LogP contribution in [0.4, 0.5) is 10.5 Å². The minimum Gasteiger partial charge on any atom is -0.494 e. The molecule has 6 heteroatoms. The monoisotopic (exact) mass is 379 g/mol. The molecule has 1 saturated heterocycles. The molecular weight excluding hydrogens is 354 g/mol. The highest BCUT2D eigenvalue weighted by Crippen LogP contribution is 2.25. The van der Waals surface area contributed by atoms with Gasteiger partial charge in [0.1, 0.15) is 5.75 Å². The number of nitrogens with zero attached hydrogens (tertiary/aromatic N) is 2. The number of carbonyl (C=O) groups is 2. The zero-order chi connectivity index (χ0) is 19.5. The molecule has 2 aliphatic heterocycles. The van der Waals surface area contributed by atoms with Crippen LogP contribution in [0.2, 0.25) is 0 Å². The smallest absolute Gasteiger partial charge is 0.318 e. The van der Waals surface area contributed by atoms with Gasteiger partial charge in [-0.2, -0.15) is 0 Å². The summed E-state index contributed by atoms with van der Waals surface area (Å²) in [6.45, 7) is 4.35. The van der Waals surface area contributed by atoms with Crippen molar-refractivity contribution in [2.75, 3.05) is 24.6 Å². The predicted octanol–water partition coefficient (Wildman–Crippen LogP) is 2.96. The number of amides is 3. The van der Waals surface area contributed by atoms with E-state index in [0.717, 1.165) is 17.9 Å². The first kappa shape index (κ1) is 18.3. The lowest BCUT2D eigenvalue weighted by Crippen LogP contribution is -2.47. The highest BCUT2D eigenvalue weighted by Gasteiger charge is 2.33. The van der Waals surface area contributed by atoms with Crippen molar-refractivity contribution in [2.45, 2.75) is 32.4 Å². The van der Waals surface area contributed by atoms with E-state index in [9.17, 15) is 9.59 Å². The van der Waals surface area contributed by atoms with Crippen LogP contribution in [0.15, 0.2) is 48.5 Å². The minimum atomic E-state index is -0.177. The van der Waals surface area contributed by atoms with E-state index >= 15 is 0 Å². The van der Waals surface area contributed by atoms with Gasteiger partial charge in [0.15, 0.2) is 0 Å². The summed E-state index contributed by atoms with van der Waals surface area (Å²) in [5, 5.41) is 3.04. The topological polar surface area (TPSA) is 61.9 Å². The maximum absolute atomic E-state index is 12.7. The largest absolute Gasteiger partial charge is 0.494 e. The van der Waals surface area contributed by atoms with Crippen LogP contribution < -0.4 is 15.0 Å². The number of ether oxygens (including phenoxy) is 1. The number of benzene rings is 2. The number of hydrogen-bond acceptors (Lipinski definition) is 3. The summed E-state index contributed by atoms with van der Waals surface area (Å²) in [6, 6.07) is 15.5. The van der Waals surface area contributed by atoms with E-state index < -0.39 is 0 Å². The van der Waals surface area contributed by atoms with Crippen LogP contribution in [0.3, 0.4) is 0 Å². The molecule has 1 N–H and O–H groups in total. The average Bonchev–Trinajstić information content (AvgIpc) is 3.08. The predicted molar refractivity (Wildman–Crippen MR) is 107 cm³/mol. The highest BCUT2D eigenvalue weighted by atomic mass is 16.5. The van der Waals surface area contributed by atoms with E-state index in [1.807, 2.05) is 48.2 Å². The summed E-state index contributed by atoms with van der Waals surface area (Å²) < 4.78 is 5.45. The van der Waals surface area contributed by atoms with E-state index in [4.69, 9.17) is 4.74 Å². The van der Waals surface area contributed by atoms with Crippen LogP contribution in [-0.2, 0) is 17.8 Å². The molecule has 2 aliphatic rings. The van der Waals surface area contributed by atoms with Crippen LogP contribution in [0.5, 0.6) is 5.75 Å². The number of urea groups is 1. The van der Waals surface area contributed by atoms with Crippen molar-refractivity contribution in [2.24, 2.45) is 0 Å². The van der Waals surface area contributed by atoms with Gasteiger partial charge in [-0.25, -0.2) is 4.79 Å². The highest BCUT2D eigenvalue weighted by molar-refractivity contribution is 5.96. The first-order valence-corrected chi connectivity index (χ1v) is 9.79. The van der Waals surface area contributed by atoms with Crippen molar-refractivity contribution in [1.29, 1.82) is 0 Å². The van der Waals surface area contributed by atoms with Crippen LogP contribution in [0, 0.1) is 0 Å². The number of rotatable bonds is 4. The average molecular weight is 379 g/mol. The molecule has 1 fully saturated rings. The van der Waals surface area contributed by atoms with Gasteiger partial charge < -0.3 is 19.9 Å². The molecule has 1 unspecified atom stereocenters. The summed E-state index contributed by atoms with van der Waals surface area (Å²) in [6.07, 6.45) is 1.19. The van der Waals surface area contributed by atoms with Crippen LogP contribution >= 0.6 is 0 Å². The van der Waals surface area contributed by atoms with Gasteiger partial charge in [0.2, 0.25) is 5.91 Å². The van der Waals surface area contributed by atoms with E-state index in [2.05, 4.69) is 17.4 Å². The molecular formula is C22H25N3O3. The molecule has 2 aromatic carbocycles. The van der Waals surface area contributed by atoms with E-state index in [-0.39, 0.29) is 18.0 Å². The maximum atomic E-state index is 12.7. The fourth-order valence-electron chi connectivity index (χ4n) is 3.88. The molecule has 6 nitrogen and oxygen atoms in total. The third-order valence-electron chi connectivity index (χ3n) is 5.33. The third-order valence-corrected chi connectivity index (χ3v) is 5.33. The quantitative estimate of drug-likeness (QED) is 0.888. The number of hydrogen-bond donors (Lipinski definition) is 1. The molecule has 2 aromatic rings. The molecule has 2 heterocycles. The zero-order valence-corrected chi connectivity index (χ0v) is 16.1. The van der Waals surface area contributed by atoms with Crippen molar-refractivity contribution in [3.8, 4) is 5.75 Å². The normalized spacial score (nSPS) is 18.8. The Morgan fingerprint density at radius 3 is 2.64 bits per heavy atom. The van der Waals surface area contributed by atoms with Gasteiger partial charge in [-0.1, -0.05) is 24.3 Å². The van der Waals surface area contributed by atoms with Crippen molar-refractivity contribution < 1.29 is 14.3 Å². The summed E-state index contributed by atoms with van der Waals surface area (Å²) in [5.74, 6) is 0.812. The fourth-order valence-corrected chi connectivity index (χ4v) is 3.88. The third kappa shape index (κ3) is 3.81. The Morgan fingerprint density at radius 1 is 1.14 bits per heavy atom. The maximum Gasteiger partial charge on any atom is 0.318 e. The number of fused-ring (bicyclic) bond motifs is 1. The first-order valence-electron chi connectivity index (χ1n) is 9.79. The zero-order valence-electron chi connectivity index (χ0n) is 16.1. The lowest BCUT2D eigenvalue weighted by atomic mass is 10.0. The Bertz CT molecular complexity index is 866. The molecule has 4 rings (SSSR count). The van der Waals surface area contributed by atoms with Crippen LogP contribution in [0.1, 0.15) is 24.5 Å². The van der Waals surface area contributed by atoms with Crippen LogP contribution in [0.25, 0.3) is 0 Å². The van der Waals surface area contributed by atoms with Gasteiger partial charge >= 0.3 is 6.03 Å². The number of carbonyl (C=O) groups excluding carboxylic acids is 2. The summed E-state index contributed by atoms with van der Waals surface area (Å²) in [7, 11) is 0. The lowest BCUT2D eigenvalue weighted by molar-refractivity contribution is -0.117. The van der Waals surface area contributed by atoms with Crippen molar-refractivity contribution in [3.63, 3.8) is 0 Å². The standard InChI is InChI=1S/C22H25N3O3/c1-2-28-20-9-7-19(8-10-20)25-15-18(13-21(25)26)23-22(27)24-12-11-16-5-3-4-6-17(16)14-24/h3-10,18H,2,11-15H2,1H3,(H,23,27). The van der Waals surface area contributed by atoms with Gasteiger partial charge in [0, 0.05) is 31.7 Å². The lowest BCUT2D eigenvalue weighted by Gasteiger charge is -2.30.